The van der Waals surface area contributed by atoms with Crippen LogP contribution in [0.25, 0.3) is 21.1 Å². The molecular formula is C21H18ClN3OS. The summed E-state index contributed by atoms with van der Waals surface area (Å²) in [6, 6.07) is 7.65. The monoisotopic (exact) mass is 395 g/mol. The summed E-state index contributed by atoms with van der Waals surface area (Å²) in [5.41, 5.74) is 3.09. The number of aromatic nitrogens is 3. The van der Waals surface area contributed by atoms with Crippen molar-refractivity contribution < 1.29 is 0 Å². The van der Waals surface area contributed by atoms with Crippen LogP contribution in [0.15, 0.2) is 41.6 Å². The zero-order chi connectivity index (χ0) is 18.4. The Morgan fingerprint density at radius 1 is 1.11 bits per heavy atom. The highest BCUT2D eigenvalue weighted by Crippen LogP contribution is 2.33. The van der Waals surface area contributed by atoms with Crippen LogP contribution in [0.3, 0.4) is 0 Å². The Bertz CT molecular complexity index is 1230. The Kier molecular flexibility index (Phi) is 4.21. The van der Waals surface area contributed by atoms with Gasteiger partial charge in [0.05, 0.1) is 23.8 Å². The average molecular weight is 396 g/mol. The maximum Gasteiger partial charge on any atom is 0.262 e. The fourth-order valence-corrected chi connectivity index (χ4v) is 5.41. The molecule has 0 bridgehead atoms. The first kappa shape index (κ1) is 16.9. The number of halogens is 1. The minimum absolute atomic E-state index is 0.0541. The molecule has 0 saturated heterocycles. The van der Waals surface area contributed by atoms with Crippen LogP contribution in [0.1, 0.15) is 35.3 Å². The Balaban J connectivity index is 1.65. The van der Waals surface area contributed by atoms with Gasteiger partial charge >= 0.3 is 0 Å². The van der Waals surface area contributed by atoms with Gasteiger partial charge < -0.3 is 0 Å². The minimum atomic E-state index is 0.0541. The van der Waals surface area contributed by atoms with Gasteiger partial charge in [-0.2, -0.15) is 0 Å². The number of hydrogen-bond donors (Lipinski definition) is 0. The number of nitrogens with zero attached hydrogens (tertiary/aromatic N) is 3. The zero-order valence-electron chi connectivity index (χ0n) is 14.7. The summed E-state index contributed by atoms with van der Waals surface area (Å²) in [6.45, 7) is 0.442. The van der Waals surface area contributed by atoms with E-state index in [2.05, 4.69) is 9.97 Å². The Labute approximate surface area is 165 Å². The molecule has 1 aliphatic rings. The topological polar surface area (TPSA) is 47.8 Å². The number of benzene rings is 1. The standard InChI is InChI=1S/C21H18ClN3OS/c22-16-9-8-13(19-14(16)6-4-10-23-19)11-25-12-24-20-18(21(25)26)15-5-2-1-3-7-17(15)27-20/h4,6,8-10,12H,1-3,5,7,11H2. The molecule has 3 aromatic heterocycles. The summed E-state index contributed by atoms with van der Waals surface area (Å²) in [5, 5.41) is 2.40. The molecule has 4 aromatic rings. The second-order valence-corrected chi connectivity index (χ2v) is 8.52. The quantitative estimate of drug-likeness (QED) is 0.450. The smallest absolute Gasteiger partial charge is 0.262 e. The van der Waals surface area contributed by atoms with Gasteiger partial charge in [-0.1, -0.05) is 24.1 Å². The molecule has 0 saturated carbocycles. The van der Waals surface area contributed by atoms with Gasteiger partial charge in [-0.3, -0.25) is 14.3 Å². The molecule has 0 N–H and O–H groups in total. The van der Waals surface area contributed by atoms with Gasteiger partial charge in [0, 0.05) is 21.5 Å². The Hall–Kier alpha value is -2.24. The second-order valence-electron chi connectivity index (χ2n) is 7.03. The van der Waals surface area contributed by atoms with E-state index < -0.39 is 0 Å². The number of fused-ring (bicyclic) bond motifs is 4. The average Bonchev–Trinajstić information content (AvgIpc) is 2.88. The van der Waals surface area contributed by atoms with Crippen molar-refractivity contribution in [2.45, 2.75) is 38.6 Å². The van der Waals surface area contributed by atoms with E-state index in [0.29, 0.717) is 11.6 Å². The van der Waals surface area contributed by atoms with E-state index in [1.165, 1.54) is 23.3 Å². The van der Waals surface area contributed by atoms with Gasteiger partial charge in [0.1, 0.15) is 4.83 Å². The number of thiophene rings is 1. The van der Waals surface area contributed by atoms with Crippen LogP contribution in [-0.4, -0.2) is 14.5 Å². The summed E-state index contributed by atoms with van der Waals surface area (Å²) in [4.78, 5) is 24.6. The molecule has 0 atom stereocenters. The third-order valence-electron chi connectivity index (χ3n) is 5.33. The van der Waals surface area contributed by atoms with Crippen LogP contribution in [0, 0.1) is 0 Å². The largest absolute Gasteiger partial charge is 0.294 e. The van der Waals surface area contributed by atoms with E-state index in [1.54, 1.807) is 28.4 Å². The highest BCUT2D eigenvalue weighted by Gasteiger charge is 2.19. The predicted octanol–water partition coefficient (Wildman–Crippen LogP) is 4.98. The molecule has 0 radical (unpaired) electrons. The summed E-state index contributed by atoms with van der Waals surface area (Å²) >= 11 is 7.99. The van der Waals surface area contributed by atoms with Gasteiger partial charge in [0.15, 0.2) is 0 Å². The van der Waals surface area contributed by atoms with E-state index in [-0.39, 0.29) is 5.56 Å². The van der Waals surface area contributed by atoms with E-state index in [4.69, 9.17) is 11.6 Å². The van der Waals surface area contributed by atoms with Crippen molar-refractivity contribution in [3.05, 3.63) is 68.2 Å². The van der Waals surface area contributed by atoms with Crippen molar-refractivity contribution >= 4 is 44.1 Å². The minimum Gasteiger partial charge on any atom is -0.294 e. The Morgan fingerprint density at radius 2 is 2.00 bits per heavy atom. The highest BCUT2D eigenvalue weighted by molar-refractivity contribution is 7.18. The lowest BCUT2D eigenvalue weighted by Crippen LogP contribution is -2.21. The molecule has 136 valence electrons. The zero-order valence-corrected chi connectivity index (χ0v) is 16.3. The van der Waals surface area contributed by atoms with Crippen molar-refractivity contribution in [1.29, 1.82) is 0 Å². The normalized spacial score (nSPS) is 14.4. The molecule has 0 spiro atoms. The lowest BCUT2D eigenvalue weighted by Gasteiger charge is -2.09. The number of rotatable bonds is 2. The molecule has 27 heavy (non-hydrogen) atoms. The summed E-state index contributed by atoms with van der Waals surface area (Å²) in [6.07, 6.45) is 9.08. The third-order valence-corrected chi connectivity index (χ3v) is 6.86. The van der Waals surface area contributed by atoms with Gasteiger partial charge in [0.25, 0.3) is 5.56 Å². The molecular weight excluding hydrogens is 378 g/mol. The second kappa shape index (κ2) is 6.73. The molecule has 0 aliphatic heterocycles. The van der Waals surface area contributed by atoms with Crippen LogP contribution >= 0.6 is 22.9 Å². The van der Waals surface area contributed by atoms with E-state index >= 15 is 0 Å². The van der Waals surface area contributed by atoms with Crippen LogP contribution < -0.4 is 5.56 Å². The summed E-state index contributed by atoms with van der Waals surface area (Å²) in [5.74, 6) is 0. The SMILES string of the molecule is O=c1c2c3c(sc2ncn1Cc1ccc(Cl)c2cccnc12)CCCCC3. The summed E-state index contributed by atoms with van der Waals surface area (Å²) < 4.78 is 1.71. The number of hydrogen-bond acceptors (Lipinski definition) is 4. The molecule has 3 heterocycles. The van der Waals surface area contributed by atoms with Gasteiger partial charge in [-0.05, 0) is 55.0 Å². The van der Waals surface area contributed by atoms with E-state index in [1.807, 2.05) is 24.3 Å². The van der Waals surface area contributed by atoms with Gasteiger partial charge in [-0.25, -0.2) is 4.98 Å². The number of pyridine rings is 1. The molecule has 0 amide bonds. The fraction of sp³-hybridized carbons (Fsp3) is 0.286. The molecule has 6 heteroatoms. The van der Waals surface area contributed by atoms with Crippen molar-refractivity contribution in [3.8, 4) is 0 Å². The van der Waals surface area contributed by atoms with Crippen LogP contribution in [0.2, 0.25) is 5.02 Å². The number of aryl methyl sites for hydroxylation is 2. The first-order valence-corrected chi connectivity index (χ1v) is 10.4. The lowest BCUT2D eigenvalue weighted by molar-refractivity contribution is 0.712. The van der Waals surface area contributed by atoms with Crippen molar-refractivity contribution in [1.82, 2.24) is 14.5 Å². The predicted molar refractivity (Wildman–Crippen MR) is 111 cm³/mol. The van der Waals surface area contributed by atoms with Gasteiger partial charge in [-0.15, -0.1) is 11.3 Å². The van der Waals surface area contributed by atoms with Crippen LogP contribution in [-0.2, 0) is 19.4 Å². The highest BCUT2D eigenvalue weighted by atomic mass is 35.5. The molecule has 5 rings (SSSR count). The van der Waals surface area contributed by atoms with Crippen LogP contribution in [0.5, 0.6) is 0 Å². The molecule has 0 unspecified atom stereocenters. The third kappa shape index (κ3) is 2.86. The first-order chi connectivity index (χ1) is 13.2. The molecule has 0 fully saturated rings. The fourth-order valence-electron chi connectivity index (χ4n) is 3.98. The van der Waals surface area contributed by atoms with Crippen molar-refractivity contribution in [2.24, 2.45) is 0 Å². The van der Waals surface area contributed by atoms with E-state index in [9.17, 15) is 4.79 Å². The first-order valence-electron chi connectivity index (χ1n) is 9.24. The van der Waals surface area contributed by atoms with Crippen molar-refractivity contribution in [2.75, 3.05) is 0 Å². The van der Waals surface area contributed by atoms with Crippen LogP contribution in [0.4, 0.5) is 0 Å². The summed E-state index contributed by atoms with van der Waals surface area (Å²) in [7, 11) is 0. The maximum atomic E-state index is 13.3. The molecule has 4 nitrogen and oxygen atoms in total. The molecule has 1 aliphatic carbocycles. The Morgan fingerprint density at radius 3 is 2.93 bits per heavy atom. The molecule has 1 aromatic carbocycles. The lowest BCUT2D eigenvalue weighted by atomic mass is 10.1. The van der Waals surface area contributed by atoms with Crippen molar-refractivity contribution in [3.63, 3.8) is 0 Å². The maximum absolute atomic E-state index is 13.3. The van der Waals surface area contributed by atoms with E-state index in [0.717, 1.165) is 45.9 Å². The van der Waals surface area contributed by atoms with Gasteiger partial charge in [0.2, 0.25) is 0 Å².